The predicted molar refractivity (Wildman–Crippen MR) is 130 cm³/mol. The van der Waals surface area contributed by atoms with E-state index in [1.54, 1.807) is 0 Å². The molecular formula is C25H32N4O2S. The van der Waals surface area contributed by atoms with Gasteiger partial charge in [0.15, 0.2) is 0 Å². The molecule has 2 saturated heterocycles. The molecule has 6 nitrogen and oxygen atoms in total. The maximum atomic E-state index is 13.0. The summed E-state index contributed by atoms with van der Waals surface area (Å²) < 4.78 is 0. The summed E-state index contributed by atoms with van der Waals surface area (Å²) in [6.45, 7) is 6.90. The van der Waals surface area contributed by atoms with Crippen LogP contribution >= 0.6 is 11.8 Å². The number of carbonyl (C=O) groups excluding carboxylic acids is 2. The molecule has 0 spiro atoms. The van der Waals surface area contributed by atoms with E-state index in [4.69, 9.17) is 0 Å². The Bertz CT molecular complexity index is 937. The third-order valence-corrected chi connectivity index (χ3v) is 7.19. The van der Waals surface area contributed by atoms with Crippen molar-refractivity contribution in [1.82, 2.24) is 14.7 Å². The van der Waals surface area contributed by atoms with Crippen LogP contribution in [0, 0.1) is 0 Å². The summed E-state index contributed by atoms with van der Waals surface area (Å²) >= 11 is 1.44. The van der Waals surface area contributed by atoms with E-state index >= 15 is 0 Å². The Morgan fingerprint density at radius 3 is 2.47 bits per heavy atom. The molecule has 0 radical (unpaired) electrons. The summed E-state index contributed by atoms with van der Waals surface area (Å²) in [5, 5.41) is 3.05. The number of nitrogens with zero attached hydrogens (tertiary/aromatic N) is 3. The number of likely N-dealkylation sites (N-methyl/N-ethyl adjacent to an activating group) is 1. The molecule has 2 aliphatic heterocycles. The van der Waals surface area contributed by atoms with Crippen LogP contribution < -0.4 is 5.32 Å². The number of likely N-dealkylation sites (tertiary alicyclic amines) is 1. The van der Waals surface area contributed by atoms with Crippen molar-refractivity contribution < 1.29 is 9.59 Å². The molecule has 170 valence electrons. The average molecular weight is 453 g/mol. The Balaban J connectivity index is 1.37. The topological polar surface area (TPSA) is 55.9 Å². The first-order chi connectivity index (χ1) is 15.6. The van der Waals surface area contributed by atoms with E-state index < -0.39 is 0 Å². The molecule has 7 heteroatoms. The number of carbonyl (C=O) groups is 2. The van der Waals surface area contributed by atoms with Crippen molar-refractivity contribution >= 4 is 29.3 Å². The molecule has 0 aromatic heterocycles. The summed E-state index contributed by atoms with van der Waals surface area (Å²) in [5.74, 6) is 0.378. The minimum atomic E-state index is -0.140. The van der Waals surface area contributed by atoms with Gasteiger partial charge in [-0.25, -0.2) is 0 Å². The largest absolute Gasteiger partial charge is 0.342 e. The van der Waals surface area contributed by atoms with Gasteiger partial charge in [-0.2, -0.15) is 0 Å². The lowest BCUT2D eigenvalue weighted by atomic mass is 10.1. The molecule has 0 atom stereocenters. The fourth-order valence-electron chi connectivity index (χ4n) is 4.19. The Morgan fingerprint density at radius 1 is 0.938 bits per heavy atom. The van der Waals surface area contributed by atoms with Crippen LogP contribution in [-0.2, 0) is 11.3 Å². The van der Waals surface area contributed by atoms with Gasteiger partial charge >= 0.3 is 0 Å². The fraction of sp³-hybridized carbons (Fsp3) is 0.440. The molecule has 0 aliphatic carbocycles. The number of nitrogens with one attached hydrogen (secondary N) is 1. The highest BCUT2D eigenvalue weighted by Crippen LogP contribution is 2.25. The summed E-state index contributed by atoms with van der Waals surface area (Å²) in [6.07, 6.45) is 2.17. The lowest BCUT2D eigenvalue weighted by Gasteiger charge is -2.32. The van der Waals surface area contributed by atoms with Crippen molar-refractivity contribution in [1.29, 1.82) is 0 Å². The Hall–Kier alpha value is -2.35. The summed E-state index contributed by atoms with van der Waals surface area (Å²) in [4.78, 5) is 33.0. The lowest BCUT2D eigenvalue weighted by molar-refractivity contribution is -0.127. The Labute approximate surface area is 194 Å². The fourth-order valence-corrected chi connectivity index (χ4v) is 5.14. The van der Waals surface area contributed by atoms with E-state index in [1.165, 1.54) is 17.3 Å². The number of hydrogen-bond acceptors (Lipinski definition) is 5. The molecule has 32 heavy (non-hydrogen) atoms. The van der Waals surface area contributed by atoms with Crippen molar-refractivity contribution in [2.45, 2.75) is 24.3 Å². The van der Waals surface area contributed by atoms with Crippen LogP contribution in [-0.4, -0.2) is 78.6 Å². The molecule has 2 amide bonds. The van der Waals surface area contributed by atoms with Gasteiger partial charge in [0.25, 0.3) is 5.91 Å². The van der Waals surface area contributed by atoms with Crippen LogP contribution in [0.25, 0.3) is 0 Å². The SMILES string of the molecule is CN1CCN(Cc2cccc(NC(=O)c3ccccc3SCC(=O)N3CCCC3)c2)CC1. The minimum absolute atomic E-state index is 0.140. The van der Waals surface area contributed by atoms with Gasteiger partial charge in [0.2, 0.25) is 5.91 Å². The van der Waals surface area contributed by atoms with E-state index in [9.17, 15) is 9.59 Å². The van der Waals surface area contributed by atoms with Gasteiger partial charge in [0.05, 0.1) is 11.3 Å². The number of rotatable bonds is 7. The van der Waals surface area contributed by atoms with Crippen LogP contribution in [0.3, 0.4) is 0 Å². The Morgan fingerprint density at radius 2 is 1.69 bits per heavy atom. The molecule has 2 fully saturated rings. The lowest BCUT2D eigenvalue weighted by Crippen LogP contribution is -2.43. The number of thioether (sulfide) groups is 1. The first-order valence-corrected chi connectivity index (χ1v) is 12.4. The molecule has 2 aliphatic rings. The highest BCUT2D eigenvalue weighted by atomic mass is 32.2. The number of benzene rings is 2. The van der Waals surface area contributed by atoms with Crippen LogP contribution in [0.2, 0.25) is 0 Å². The Kier molecular flexibility index (Phi) is 7.84. The summed E-state index contributed by atoms with van der Waals surface area (Å²) in [7, 11) is 2.16. The normalized spacial score (nSPS) is 17.5. The number of hydrogen-bond donors (Lipinski definition) is 1. The molecule has 0 unspecified atom stereocenters. The first kappa shape index (κ1) is 22.8. The second kappa shape index (κ2) is 11.0. The standard InChI is InChI=1S/C25H32N4O2S/c1-27-13-15-28(16-14-27)18-20-7-6-8-21(17-20)26-25(31)22-9-2-3-10-23(22)32-19-24(30)29-11-4-5-12-29/h2-3,6-10,17H,4-5,11-16,18-19H2,1H3,(H,26,31). The summed E-state index contributed by atoms with van der Waals surface area (Å²) in [5.41, 5.74) is 2.61. The molecule has 2 heterocycles. The van der Waals surface area contributed by atoms with Gasteiger partial charge in [0.1, 0.15) is 0 Å². The van der Waals surface area contributed by atoms with Crippen molar-refractivity contribution in [3.63, 3.8) is 0 Å². The van der Waals surface area contributed by atoms with Crippen molar-refractivity contribution in [3.05, 3.63) is 59.7 Å². The number of piperazine rings is 1. The van der Waals surface area contributed by atoms with E-state index in [0.717, 1.165) is 69.2 Å². The van der Waals surface area contributed by atoms with E-state index in [-0.39, 0.29) is 11.8 Å². The second-order valence-electron chi connectivity index (χ2n) is 8.61. The van der Waals surface area contributed by atoms with Crippen molar-refractivity contribution in [2.75, 3.05) is 57.4 Å². The average Bonchev–Trinajstić information content (AvgIpc) is 3.35. The van der Waals surface area contributed by atoms with E-state index in [2.05, 4.69) is 34.3 Å². The van der Waals surface area contributed by atoms with Crippen molar-refractivity contribution in [3.8, 4) is 0 Å². The van der Waals surface area contributed by atoms with Gasteiger partial charge in [-0.05, 0) is 49.7 Å². The zero-order chi connectivity index (χ0) is 22.3. The van der Waals surface area contributed by atoms with Gasteiger partial charge < -0.3 is 15.1 Å². The zero-order valence-electron chi connectivity index (χ0n) is 18.8. The maximum absolute atomic E-state index is 13.0. The smallest absolute Gasteiger partial charge is 0.256 e. The highest BCUT2D eigenvalue weighted by Gasteiger charge is 2.19. The molecule has 4 rings (SSSR count). The van der Waals surface area contributed by atoms with Crippen molar-refractivity contribution in [2.24, 2.45) is 0 Å². The highest BCUT2D eigenvalue weighted by molar-refractivity contribution is 8.00. The third-order valence-electron chi connectivity index (χ3n) is 6.13. The number of amides is 2. The molecule has 0 saturated carbocycles. The predicted octanol–water partition coefficient (Wildman–Crippen LogP) is 3.40. The van der Waals surface area contributed by atoms with Crippen LogP contribution in [0.15, 0.2) is 53.4 Å². The number of anilines is 1. The molecule has 2 aromatic rings. The third kappa shape index (κ3) is 6.12. The van der Waals surface area contributed by atoms with Crippen LogP contribution in [0.5, 0.6) is 0 Å². The van der Waals surface area contributed by atoms with E-state index in [0.29, 0.717) is 11.3 Å². The van der Waals surface area contributed by atoms with Gasteiger partial charge in [-0.3, -0.25) is 14.5 Å². The molecular weight excluding hydrogens is 420 g/mol. The van der Waals surface area contributed by atoms with Crippen LogP contribution in [0.1, 0.15) is 28.8 Å². The molecule has 2 aromatic carbocycles. The monoisotopic (exact) mass is 452 g/mol. The first-order valence-electron chi connectivity index (χ1n) is 11.4. The van der Waals surface area contributed by atoms with Crippen LogP contribution in [0.4, 0.5) is 5.69 Å². The summed E-state index contributed by atoms with van der Waals surface area (Å²) in [6, 6.07) is 15.6. The molecule has 0 bridgehead atoms. The molecule has 1 N–H and O–H groups in total. The minimum Gasteiger partial charge on any atom is -0.342 e. The quantitative estimate of drug-likeness (QED) is 0.653. The van der Waals surface area contributed by atoms with E-state index in [1.807, 2.05) is 41.3 Å². The van der Waals surface area contributed by atoms with Gasteiger partial charge in [-0.1, -0.05) is 24.3 Å². The maximum Gasteiger partial charge on any atom is 0.256 e. The van der Waals surface area contributed by atoms with Gasteiger partial charge in [0, 0.05) is 56.4 Å². The zero-order valence-corrected chi connectivity index (χ0v) is 19.6. The second-order valence-corrected chi connectivity index (χ2v) is 9.62. The van der Waals surface area contributed by atoms with Gasteiger partial charge in [-0.15, -0.1) is 11.8 Å².